The van der Waals surface area contributed by atoms with Crippen LogP contribution in [-0.2, 0) is 0 Å². The first-order valence-electron chi connectivity index (χ1n) is 7.40. The van der Waals surface area contributed by atoms with Gasteiger partial charge in [-0.2, -0.15) is 0 Å². The van der Waals surface area contributed by atoms with Gasteiger partial charge in [0.05, 0.1) is 10.0 Å². The monoisotopic (exact) mass is 432 g/mol. The maximum atomic E-state index is 14.4. The van der Waals surface area contributed by atoms with Crippen molar-refractivity contribution in [2.45, 2.75) is 25.3 Å². The zero-order valence-corrected chi connectivity index (χ0v) is 15.7. The van der Waals surface area contributed by atoms with Crippen molar-refractivity contribution < 1.29 is 13.9 Å². The highest BCUT2D eigenvalue weighted by Crippen LogP contribution is 2.47. The molecule has 132 valence electrons. The Labute approximate surface area is 155 Å². The first-order valence-corrected chi connectivity index (χ1v) is 8.20. The van der Waals surface area contributed by atoms with E-state index >= 15 is 0 Å². The minimum absolute atomic E-state index is 0. The van der Waals surface area contributed by atoms with Crippen molar-refractivity contribution in [1.29, 1.82) is 0 Å². The molecule has 1 aliphatic heterocycles. The molecule has 8 heteroatoms. The largest absolute Gasteiger partial charge is 0.506 e. The lowest BCUT2D eigenvalue weighted by Gasteiger charge is -2.43. The number of halogens is 5. The number of nitrogens with one attached hydrogen (secondary N) is 1. The van der Waals surface area contributed by atoms with Crippen molar-refractivity contribution >= 4 is 40.7 Å². The smallest absolute Gasteiger partial charge is 0.167 e. The normalized spacial score (nSPS) is 20.1. The molecule has 0 aromatic heterocycles. The Balaban J connectivity index is 0.00000132. The molecule has 1 aliphatic carbocycles. The van der Waals surface area contributed by atoms with Crippen LogP contribution in [0.5, 0.6) is 5.75 Å². The van der Waals surface area contributed by atoms with Crippen LogP contribution in [0, 0.1) is 17.6 Å². The molecule has 0 unspecified atom stereocenters. The fraction of sp³-hybridized carbons (Fsp3) is 0.600. The van der Waals surface area contributed by atoms with Gasteiger partial charge in [0.1, 0.15) is 5.75 Å². The Bertz CT molecular complexity index is 514. The number of piperazine rings is 1. The Morgan fingerprint density at radius 1 is 1.22 bits per heavy atom. The second-order valence-electron chi connectivity index (χ2n) is 5.84. The van der Waals surface area contributed by atoms with Gasteiger partial charge in [-0.25, -0.2) is 8.78 Å². The fourth-order valence-corrected chi connectivity index (χ4v) is 3.72. The second kappa shape index (κ2) is 8.81. The van der Waals surface area contributed by atoms with Gasteiger partial charge in [0.2, 0.25) is 0 Å². The lowest BCUT2D eigenvalue weighted by molar-refractivity contribution is 0.0786. The van der Waals surface area contributed by atoms with Gasteiger partial charge in [-0.3, -0.25) is 4.90 Å². The summed E-state index contributed by atoms with van der Waals surface area (Å²) in [5.41, 5.74) is 0.119. The first kappa shape index (κ1) is 20.9. The second-order valence-corrected chi connectivity index (χ2v) is 6.69. The molecule has 2 N–H and O–H groups in total. The molecule has 1 aromatic carbocycles. The highest BCUT2D eigenvalue weighted by Gasteiger charge is 2.38. The summed E-state index contributed by atoms with van der Waals surface area (Å²) in [6.45, 7) is 3.24. The lowest BCUT2D eigenvalue weighted by Crippen LogP contribution is -2.48. The summed E-state index contributed by atoms with van der Waals surface area (Å²) in [5.74, 6) is -1.69. The van der Waals surface area contributed by atoms with Crippen LogP contribution in [0.15, 0.2) is 10.5 Å². The van der Waals surface area contributed by atoms with E-state index in [1.54, 1.807) is 0 Å². The van der Waals surface area contributed by atoms with Crippen molar-refractivity contribution in [3.63, 3.8) is 0 Å². The highest BCUT2D eigenvalue weighted by molar-refractivity contribution is 9.10. The Kier molecular flexibility index (Phi) is 8.01. The van der Waals surface area contributed by atoms with Crippen LogP contribution < -0.4 is 5.32 Å². The zero-order valence-electron chi connectivity index (χ0n) is 12.5. The third-order valence-electron chi connectivity index (χ3n) is 4.62. The number of rotatable bonds is 3. The molecule has 3 rings (SSSR count). The molecule has 1 saturated carbocycles. The predicted molar refractivity (Wildman–Crippen MR) is 94.7 cm³/mol. The van der Waals surface area contributed by atoms with Gasteiger partial charge in [0.25, 0.3) is 0 Å². The van der Waals surface area contributed by atoms with Gasteiger partial charge in [0, 0.05) is 32.2 Å². The first-order chi connectivity index (χ1) is 10.1. The van der Waals surface area contributed by atoms with E-state index in [0.717, 1.165) is 51.5 Å². The topological polar surface area (TPSA) is 35.5 Å². The van der Waals surface area contributed by atoms with E-state index in [9.17, 15) is 13.9 Å². The van der Waals surface area contributed by atoms with E-state index in [2.05, 4.69) is 26.1 Å². The molecule has 23 heavy (non-hydrogen) atoms. The van der Waals surface area contributed by atoms with Gasteiger partial charge in [-0.05, 0) is 40.8 Å². The van der Waals surface area contributed by atoms with Crippen molar-refractivity contribution in [3.8, 4) is 5.75 Å². The molecule has 3 nitrogen and oxygen atoms in total. The van der Waals surface area contributed by atoms with E-state index in [1.165, 1.54) is 0 Å². The summed E-state index contributed by atoms with van der Waals surface area (Å²) in [5, 5.41) is 13.5. The van der Waals surface area contributed by atoms with Crippen LogP contribution in [0.1, 0.15) is 30.9 Å². The number of phenolic OH excluding ortho intramolecular Hbond substituents is 1. The standard InChI is InChI=1S/C15H19BrF2N2O.2ClH/c16-10-8-11(17)13(18)12(15(10)21)14(9-2-1-3-9)20-6-4-19-5-7-20;;/h8-9,14,19,21H,1-7H2;2*1H/t14-;;/m0../s1. The van der Waals surface area contributed by atoms with Crippen LogP contribution >= 0.6 is 40.7 Å². The van der Waals surface area contributed by atoms with E-state index in [1.807, 2.05) is 0 Å². The fourth-order valence-electron chi connectivity index (χ4n) is 3.31. The van der Waals surface area contributed by atoms with Gasteiger partial charge >= 0.3 is 0 Å². The Hall–Kier alpha value is -0.140. The SMILES string of the molecule is Cl.Cl.Oc1c(Br)cc(F)c(F)c1[C@H](C1CCC1)N1CCNCC1. The van der Waals surface area contributed by atoms with Crippen LogP contribution in [0.4, 0.5) is 8.78 Å². The number of hydrogen-bond donors (Lipinski definition) is 2. The molecule has 1 heterocycles. The molecule has 0 amide bonds. The Morgan fingerprint density at radius 2 is 1.83 bits per heavy atom. The van der Waals surface area contributed by atoms with Gasteiger partial charge < -0.3 is 10.4 Å². The number of benzene rings is 1. The molecule has 2 aliphatic rings. The minimum Gasteiger partial charge on any atom is -0.506 e. The molecule has 0 spiro atoms. The van der Waals surface area contributed by atoms with Gasteiger partial charge in [0.15, 0.2) is 11.6 Å². The quantitative estimate of drug-likeness (QED) is 0.706. The molecule has 1 saturated heterocycles. The molecular formula is C15H21BrCl2F2N2O. The number of phenols is 1. The van der Waals surface area contributed by atoms with Crippen molar-refractivity contribution in [2.24, 2.45) is 5.92 Å². The summed E-state index contributed by atoms with van der Waals surface area (Å²) < 4.78 is 28.4. The maximum absolute atomic E-state index is 14.4. The average molecular weight is 434 g/mol. The van der Waals surface area contributed by atoms with E-state index in [0.29, 0.717) is 0 Å². The molecule has 1 atom stereocenters. The zero-order chi connectivity index (χ0) is 15.0. The van der Waals surface area contributed by atoms with Crippen LogP contribution in [-0.4, -0.2) is 36.2 Å². The third kappa shape index (κ3) is 4.10. The predicted octanol–water partition coefficient (Wildman–Crippen LogP) is 4.02. The molecule has 2 fully saturated rings. The number of nitrogens with zero attached hydrogens (tertiary/aromatic N) is 1. The third-order valence-corrected chi connectivity index (χ3v) is 5.22. The van der Waals surface area contributed by atoms with Crippen LogP contribution in [0.3, 0.4) is 0 Å². The maximum Gasteiger partial charge on any atom is 0.167 e. The highest BCUT2D eigenvalue weighted by atomic mass is 79.9. The molecule has 0 bridgehead atoms. The number of aromatic hydroxyl groups is 1. The van der Waals surface area contributed by atoms with Crippen molar-refractivity contribution in [2.75, 3.05) is 26.2 Å². The molecular weight excluding hydrogens is 413 g/mol. The lowest BCUT2D eigenvalue weighted by atomic mass is 9.76. The van der Waals surface area contributed by atoms with Gasteiger partial charge in [-0.15, -0.1) is 24.8 Å². The summed E-state index contributed by atoms with van der Waals surface area (Å²) >= 11 is 3.12. The summed E-state index contributed by atoms with van der Waals surface area (Å²) in [4.78, 5) is 2.17. The van der Waals surface area contributed by atoms with Crippen LogP contribution in [0.25, 0.3) is 0 Å². The van der Waals surface area contributed by atoms with E-state index in [4.69, 9.17) is 0 Å². The average Bonchev–Trinajstić information content (AvgIpc) is 2.43. The van der Waals surface area contributed by atoms with E-state index < -0.39 is 11.6 Å². The molecule has 1 aromatic rings. The summed E-state index contributed by atoms with van der Waals surface area (Å²) in [6, 6.07) is 0.747. The van der Waals surface area contributed by atoms with Crippen molar-refractivity contribution in [3.05, 3.63) is 27.7 Å². The molecule has 0 radical (unpaired) electrons. The van der Waals surface area contributed by atoms with E-state index in [-0.39, 0.29) is 52.6 Å². The van der Waals surface area contributed by atoms with Crippen LogP contribution in [0.2, 0.25) is 0 Å². The summed E-state index contributed by atoms with van der Waals surface area (Å²) in [6.07, 6.45) is 3.12. The minimum atomic E-state index is -0.911. The number of hydrogen-bond acceptors (Lipinski definition) is 3. The van der Waals surface area contributed by atoms with Crippen molar-refractivity contribution in [1.82, 2.24) is 10.2 Å². The summed E-state index contributed by atoms with van der Waals surface area (Å²) in [7, 11) is 0. The van der Waals surface area contributed by atoms with Gasteiger partial charge in [-0.1, -0.05) is 6.42 Å². The Morgan fingerprint density at radius 3 is 2.35 bits per heavy atom.